The van der Waals surface area contributed by atoms with Crippen LogP contribution in [0.2, 0.25) is 0 Å². The first-order chi connectivity index (χ1) is 13.6. The van der Waals surface area contributed by atoms with E-state index in [0.717, 1.165) is 16.5 Å². The molecule has 2 aromatic carbocycles. The second-order valence-corrected chi connectivity index (χ2v) is 8.83. The molecule has 4 aromatic rings. The van der Waals surface area contributed by atoms with Crippen LogP contribution in [0.5, 0.6) is 0 Å². The van der Waals surface area contributed by atoms with Crippen LogP contribution < -0.4 is 4.72 Å². The minimum atomic E-state index is -1.64. The van der Waals surface area contributed by atoms with E-state index in [1.165, 1.54) is 0 Å². The summed E-state index contributed by atoms with van der Waals surface area (Å²) in [5.74, 6) is 0.336. The zero-order chi connectivity index (χ0) is 19.5. The third-order valence-electron chi connectivity index (χ3n) is 4.13. The lowest BCUT2D eigenvalue weighted by molar-refractivity contribution is 0.484. The molecule has 28 heavy (non-hydrogen) atoms. The SMILES string of the molecule is Cc1cnc([S+]([O-])Cc2ccccc2)c(N[S+]([O-])c2cc3ccccc3o2)c1. The average molecular weight is 411 g/mol. The van der Waals surface area contributed by atoms with Crippen molar-refractivity contribution in [2.45, 2.75) is 22.8 Å². The Balaban J connectivity index is 1.59. The molecule has 0 aliphatic heterocycles. The standard InChI is InChI=1S/C21H18N2O3S2/c1-15-11-18(21(22-13-15)27(24)14-16-7-3-2-4-8-16)23-28(25)20-12-17-9-5-6-10-19(17)26-20/h2-13,23H,14H2,1H3. The van der Waals surface area contributed by atoms with Gasteiger partial charge in [-0.15, -0.1) is 0 Å². The highest BCUT2D eigenvalue weighted by Gasteiger charge is 2.25. The summed E-state index contributed by atoms with van der Waals surface area (Å²) in [4.78, 5) is 4.34. The maximum atomic E-state index is 12.9. The van der Waals surface area contributed by atoms with E-state index in [2.05, 4.69) is 9.71 Å². The van der Waals surface area contributed by atoms with Gasteiger partial charge in [0, 0.05) is 34.4 Å². The van der Waals surface area contributed by atoms with Gasteiger partial charge < -0.3 is 13.5 Å². The van der Waals surface area contributed by atoms with Crippen molar-refractivity contribution >= 4 is 39.2 Å². The van der Waals surface area contributed by atoms with Crippen LogP contribution in [0.25, 0.3) is 11.0 Å². The van der Waals surface area contributed by atoms with Gasteiger partial charge in [-0.05, 0) is 24.6 Å². The van der Waals surface area contributed by atoms with Gasteiger partial charge in [0.05, 0.1) is 0 Å². The van der Waals surface area contributed by atoms with Gasteiger partial charge in [-0.3, -0.25) is 0 Å². The minimum Gasteiger partial charge on any atom is -0.610 e. The smallest absolute Gasteiger partial charge is 0.339 e. The highest BCUT2D eigenvalue weighted by atomic mass is 32.2. The Kier molecular flexibility index (Phi) is 5.59. The van der Waals surface area contributed by atoms with Gasteiger partial charge >= 0.3 is 5.09 Å². The molecule has 142 valence electrons. The quantitative estimate of drug-likeness (QED) is 0.470. The Morgan fingerprint density at radius 2 is 1.75 bits per heavy atom. The van der Waals surface area contributed by atoms with Crippen LogP contribution in [-0.4, -0.2) is 14.1 Å². The van der Waals surface area contributed by atoms with E-state index in [1.54, 1.807) is 18.3 Å². The molecule has 1 N–H and O–H groups in total. The number of hydrogen-bond acceptors (Lipinski definition) is 5. The largest absolute Gasteiger partial charge is 0.610 e. The van der Waals surface area contributed by atoms with Gasteiger partial charge in [-0.2, -0.15) is 4.72 Å². The van der Waals surface area contributed by atoms with Crippen molar-refractivity contribution < 1.29 is 13.5 Å². The van der Waals surface area contributed by atoms with E-state index in [-0.39, 0.29) is 0 Å². The third-order valence-corrected chi connectivity index (χ3v) is 6.46. The highest BCUT2D eigenvalue weighted by Crippen LogP contribution is 2.28. The fraction of sp³-hybridized carbons (Fsp3) is 0.0952. The zero-order valence-electron chi connectivity index (χ0n) is 15.1. The van der Waals surface area contributed by atoms with Gasteiger partial charge in [0.2, 0.25) is 0 Å². The van der Waals surface area contributed by atoms with Crippen LogP contribution >= 0.6 is 0 Å². The number of nitrogens with one attached hydrogen (secondary N) is 1. The number of benzene rings is 2. The van der Waals surface area contributed by atoms with Crippen molar-refractivity contribution in [3.8, 4) is 0 Å². The lowest BCUT2D eigenvalue weighted by Crippen LogP contribution is -2.17. The van der Waals surface area contributed by atoms with Crippen LogP contribution in [-0.2, 0) is 28.3 Å². The number of fused-ring (bicyclic) bond motifs is 1. The Bertz CT molecular complexity index is 1050. The predicted octanol–water partition coefficient (Wildman–Crippen LogP) is 4.58. The van der Waals surface area contributed by atoms with Crippen LogP contribution in [0.3, 0.4) is 0 Å². The summed E-state index contributed by atoms with van der Waals surface area (Å²) < 4.78 is 34.3. The highest BCUT2D eigenvalue weighted by molar-refractivity contribution is 7.93. The summed E-state index contributed by atoms with van der Waals surface area (Å²) in [5.41, 5.74) is 2.98. The molecule has 0 aliphatic rings. The fourth-order valence-electron chi connectivity index (χ4n) is 2.80. The van der Waals surface area contributed by atoms with Gasteiger partial charge in [0.15, 0.2) is 5.69 Å². The number of aromatic nitrogens is 1. The van der Waals surface area contributed by atoms with Crippen LogP contribution in [0.1, 0.15) is 11.1 Å². The number of para-hydroxylation sites is 1. The Morgan fingerprint density at radius 1 is 1.00 bits per heavy atom. The second kappa shape index (κ2) is 8.28. The molecule has 0 amide bonds. The number of rotatable bonds is 6. The molecular formula is C21H18N2O3S2. The maximum absolute atomic E-state index is 12.9. The molecule has 2 aromatic heterocycles. The summed E-state index contributed by atoms with van der Waals surface area (Å²) in [6.45, 7) is 1.88. The number of nitrogens with zero attached hydrogens (tertiary/aromatic N) is 1. The molecule has 0 saturated heterocycles. The van der Waals surface area contributed by atoms with Crippen LogP contribution in [0, 0.1) is 6.92 Å². The number of hydrogen-bond donors (Lipinski definition) is 1. The fourth-order valence-corrected chi connectivity index (χ4v) is 4.88. The molecule has 0 bridgehead atoms. The third kappa shape index (κ3) is 4.18. The van der Waals surface area contributed by atoms with E-state index < -0.39 is 22.5 Å². The molecule has 7 heteroatoms. The number of aryl methyl sites for hydroxylation is 1. The van der Waals surface area contributed by atoms with Crippen molar-refractivity contribution in [1.82, 2.24) is 4.98 Å². The average Bonchev–Trinajstić information content (AvgIpc) is 3.13. The summed E-state index contributed by atoms with van der Waals surface area (Å²) in [7, 11) is 0. The van der Waals surface area contributed by atoms with Crippen LogP contribution in [0.15, 0.2) is 87.5 Å². The topological polar surface area (TPSA) is 84.2 Å². The predicted molar refractivity (Wildman–Crippen MR) is 112 cm³/mol. The van der Waals surface area contributed by atoms with Gasteiger partial charge in [0.25, 0.3) is 5.03 Å². The Morgan fingerprint density at radius 3 is 2.54 bits per heavy atom. The van der Waals surface area contributed by atoms with Crippen molar-refractivity contribution in [1.29, 1.82) is 0 Å². The Hall–Kier alpha value is -2.45. The van der Waals surface area contributed by atoms with Gasteiger partial charge in [-0.25, -0.2) is 4.98 Å². The zero-order valence-corrected chi connectivity index (χ0v) is 16.8. The number of furan rings is 1. The molecule has 4 rings (SSSR count). The summed E-state index contributed by atoms with van der Waals surface area (Å²) in [6, 6.07) is 20.6. The van der Waals surface area contributed by atoms with E-state index in [9.17, 15) is 9.11 Å². The monoisotopic (exact) mass is 410 g/mol. The van der Waals surface area contributed by atoms with Crippen LogP contribution in [0.4, 0.5) is 5.69 Å². The number of anilines is 1. The molecule has 2 unspecified atom stereocenters. The van der Waals surface area contributed by atoms with E-state index in [4.69, 9.17) is 4.42 Å². The second-order valence-electron chi connectivity index (χ2n) is 6.31. The first-order valence-corrected chi connectivity index (χ1v) is 11.1. The molecule has 0 aliphatic carbocycles. The molecule has 0 fully saturated rings. The lowest BCUT2D eigenvalue weighted by Gasteiger charge is -2.15. The molecule has 2 heterocycles. The molecule has 2 atom stereocenters. The molecule has 0 radical (unpaired) electrons. The first-order valence-electron chi connectivity index (χ1n) is 8.66. The summed E-state index contributed by atoms with van der Waals surface area (Å²) >= 11 is -3.02. The van der Waals surface area contributed by atoms with E-state index >= 15 is 0 Å². The summed E-state index contributed by atoms with van der Waals surface area (Å²) in [5, 5.41) is 1.56. The van der Waals surface area contributed by atoms with Gasteiger partial charge in [0.1, 0.15) is 22.7 Å². The van der Waals surface area contributed by atoms with E-state index in [1.807, 2.05) is 61.5 Å². The first kappa shape index (κ1) is 18.9. The minimum absolute atomic E-state index is 0.308. The summed E-state index contributed by atoms with van der Waals surface area (Å²) in [6.07, 6.45) is 1.66. The molecule has 0 saturated carbocycles. The Labute approximate surface area is 169 Å². The maximum Gasteiger partial charge on any atom is 0.339 e. The molecular weight excluding hydrogens is 392 g/mol. The molecule has 5 nitrogen and oxygen atoms in total. The van der Waals surface area contributed by atoms with Crippen molar-refractivity contribution in [2.24, 2.45) is 0 Å². The van der Waals surface area contributed by atoms with Gasteiger partial charge in [-0.1, -0.05) is 48.5 Å². The van der Waals surface area contributed by atoms with Crippen molar-refractivity contribution in [2.75, 3.05) is 4.72 Å². The van der Waals surface area contributed by atoms with Crippen molar-refractivity contribution in [3.05, 3.63) is 84.1 Å². The lowest BCUT2D eigenvalue weighted by atomic mass is 10.2. The number of pyridine rings is 1. The normalized spacial score (nSPS) is 13.4. The van der Waals surface area contributed by atoms with E-state index in [0.29, 0.717) is 27.1 Å². The van der Waals surface area contributed by atoms with Crippen molar-refractivity contribution in [3.63, 3.8) is 0 Å². The molecule has 0 spiro atoms.